The maximum absolute atomic E-state index is 12.4. The zero-order valence-corrected chi connectivity index (χ0v) is 16.7. The molecule has 1 aromatic heterocycles. The molecule has 0 fully saturated rings. The summed E-state index contributed by atoms with van der Waals surface area (Å²) in [6, 6.07) is 10.2. The van der Waals surface area contributed by atoms with Crippen LogP contribution in [0.15, 0.2) is 54.2 Å². The molecule has 0 atom stereocenters. The molecule has 1 amide bonds. The van der Waals surface area contributed by atoms with Crippen molar-refractivity contribution in [3.05, 3.63) is 65.4 Å². The van der Waals surface area contributed by atoms with Crippen LogP contribution in [0.1, 0.15) is 59.7 Å². The van der Waals surface area contributed by atoms with Crippen LogP contribution in [0.5, 0.6) is 0 Å². The summed E-state index contributed by atoms with van der Waals surface area (Å²) in [5.41, 5.74) is 3.05. The zero-order valence-electron chi connectivity index (χ0n) is 16.7. The first-order chi connectivity index (χ1) is 14.2. The molecule has 2 N–H and O–H groups in total. The van der Waals surface area contributed by atoms with Crippen LogP contribution < -0.4 is 10.6 Å². The molecule has 0 radical (unpaired) electrons. The van der Waals surface area contributed by atoms with E-state index in [0.717, 1.165) is 18.8 Å². The van der Waals surface area contributed by atoms with Gasteiger partial charge in [0, 0.05) is 18.4 Å². The van der Waals surface area contributed by atoms with Gasteiger partial charge in [0.05, 0.1) is 17.7 Å². The minimum Gasteiger partial charge on any atom is -0.462 e. The third kappa shape index (κ3) is 6.17. The predicted molar refractivity (Wildman–Crippen MR) is 114 cm³/mol. The van der Waals surface area contributed by atoms with Crippen LogP contribution >= 0.6 is 0 Å². The summed E-state index contributed by atoms with van der Waals surface area (Å²) in [5.74, 6) is 0.134. The van der Waals surface area contributed by atoms with Gasteiger partial charge >= 0.3 is 5.97 Å². The van der Waals surface area contributed by atoms with Crippen molar-refractivity contribution < 1.29 is 14.3 Å². The van der Waals surface area contributed by atoms with Crippen molar-refractivity contribution in [2.75, 3.05) is 23.8 Å². The molecular formula is C23H27N3O3. The molecule has 29 heavy (non-hydrogen) atoms. The molecule has 2 aromatic rings. The lowest BCUT2D eigenvalue weighted by Crippen LogP contribution is -2.13. The second-order valence-corrected chi connectivity index (χ2v) is 6.97. The molecule has 0 unspecified atom stereocenters. The number of ether oxygens (including phenoxy) is 1. The Morgan fingerprint density at radius 2 is 1.86 bits per heavy atom. The van der Waals surface area contributed by atoms with Crippen molar-refractivity contribution in [1.82, 2.24) is 4.98 Å². The van der Waals surface area contributed by atoms with Crippen LogP contribution in [-0.4, -0.2) is 30.0 Å². The molecule has 3 rings (SSSR count). The monoisotopic (exact) mass is 393 g/mol. The lowest BCUT2D eigenvalue weighted by atomic mass is 9.97. The molecular weight excluding hydrogens is 366 g/mol. The maximum atomic E-state index is 12.4. The summed E-state index contributed by atoms with van der Waals surface area (Å²) in [6.07, 6.45) is 9.94. The molecule has 0 saturated heterocycles. The number of hydrogen-bond acceptors (Lipinski definition) is 5. The van der Waals surface area contributed by atoms with E-state index in [9.17, 15) is 9.59 Å². The number of carbonyl (C=O) groups excluding carboxylic acids is 2. The van der Waals surface area contributed by atoms with E-state index in [2.05, 4.69) is 21.7 Å². The number of carbonyl (C=O) groups is 2. The number of allylic oxidation sites excluding steroid dienone is 1. The fourth-order valence-electron chi connectivity index (χ4n) is 3.22. The number of aromatic nitrogens is 1. The van der Waals surface area contributed by atoms with Crippen LogP contribution in [0.2, 0.25) is 0 Å². The Kier molecular flexibility index (Phi) is 7.39. The van der Waals surface area contributed by atoms with Gasteiger partial charge in [-0.05, 0) is 75.4 Å². The molecule has 1 aliphatic rings. The fraction of sp³-hybridized carbons (Fsp3) is 0.348. The van der Waals surface area contributed by atoms with Gasteiger partial charge < -0.3 is 15.4 Å². The Morgan fingerprint density at radius 3 is 2.52 bits per heavy atom. The molecule has 0 aliphatic heterocycles. The van der Waals surface area contributed by atoms with E-state index in [4.69, 9.17) is 4.74 Å². The van der Waals surface area contributed by atoms with Crippen molar-refractivity contribution in [2.45, 2.75) is 39.0 Å². The maximum Gasteiger partial charge on any atom is 0.338 e. The van der Waals surface area contributed by atoms with Gasteiger partial charge in [-0.3, -0.25) is 4.79 Å². The average molecular weight is 393 g/mol. The Hall–Kier alpha value is -3.15. The van der Waals surface area contributed by atoms with Crippen molar-refractivity contribution in [1.29, 1.82) is 0 Å². The van der Waals surface area contributed by atoms with Gasteiger partial charge in [0.1, 0.15) is 5.82 Å². The summed E-state index contributed by atoms with van der Waals surface area (Å²) < 4.78 is 4.95. The first-order valence-electron chi connectivity index (χ1n) is 10.1. The topological polar surface area (TPSA) is 80.3 Å². The number of benzene rings is 1. The summed E-state index contributed by atoms with van der Waals surface area (Å²) in [7, 11) is 0. The van der Waals surface area contributed by atoms with E-state index in [-0.39, 0.29) is 11.9 Å². The molecule has 6 heteroatoms. The average Bonchev–Trinajstić information content (AvgIpc) is 2.75. The second-order valence-electron chi connectivity index (χ2n) is 6.97. The van der Waals surface area contributed by atoms with Crippen LogP contribution in [-0.2, 0) is 4.74 Å². The minimum absolute atomic E-state index is 0.250. The smallest absolute Gasteiger partial charge is 0.338 e. The van der Waals surface area contributed by atoms with E-state index >= 15 is 0 Å². The standard InChI is InChI=1S/C23H27N3O3/c1-2-29-23(28)18-8-11-20(12-9-18)26-22(27)19-10-13-21(25-16-19)24-15-14-17-6-4-3-5-7-17/h6,8-13,16H,2-5,7,14-15H2,1H3,(H,24,25)(H,26,27). The highest BCUT2D eigenvalue weighted by molar-refractivity contribution is 6.04. The predicted octanol–water partition coefficient (Wildman–Crippen LogP) is 4.81. The van der Waals surface area contributed by atoms with Crippen molar-refractivity contribution in [2.24, 2.45) is 0 Å². The SMILES string of the molecule is CCOC(=O)c1ccc(NC(=O)c2ccc(NCCC3=CCCCC3)nc2)cc1. The van der Waals surface area contributed by atoms with E-state index in [1.54, 1.807) is 43.5 Å². The summed E-state index contributed by atoms with van der Waals surface area (Å²) in [6.45, 7) is 2.93. The van der Waals surface area contributed by atoms with Crippen molar-refractivity contribution in [3.63, 3.8) is 0 Å². The lowest BCUT2D eigenvalue weighted by Gasteiger charge is -2.13. The number of amides is 1. The highest BCUT2D eigenvalue weighted by Crippen LogP contribution is 2.20. The highest BCUT2D eigenvalue weighted by Gasteiger charge is 2.09. The van der Waals surface area contributed by atoms with E-state index in [1.807, 2.05) is 6.07 Å². The number of pyridine rings is 1. The first kappa shape index (κ1) is 20.6. The number of rotatable bonds is 8. The largest absolute Gasteiger partial charge is 0.462 e. The van der Waals surface area contributed by atoms with Crippen LogP contribution in [0.25, 0.3) is 0 Å². The number of esters is 1. The first-order valence-corrected chi connectivity index (χ1v) is 10.1. The molecule has 1 heterocycles. The zero-order chi connectivity index (χ0) is 20.5. The number of nitrogens with one attached hydrogen (secondary N) is 2. The highest BCUT2D eigenvalue weighted by atomic mass is 16.5. The molecule has 6 nitrogen and oxygen atoms in total. The second kappa shape index (κ2) is 10.4. The van der Waals surface area contributed by atoms with Gasteiger partial charge in [0.25, 0.3) is 5.91 Å². The van der Waals surface area contributed by atoms with Gasteiger partial charge in [0.15, 0.2) is 0 Å². The Balaban J connectivity index is 1.49. The molecule has 0 saturated carbocycles. The lowest BCUT2D eigenvalue weighted by molar-refractivity contribution is 0.0526. The van der Waals surface area contributed by atoms with Crippen molar-refractivity contribution >= 4 is 23.4 Å². The van der Waals surface area contributed by atoms with E-state index in [1.165, 1.54) is 31.3 Å². The van der Waals surface area contributed by atoms with Crippen molar-refractivity contribution in [3.8, 4) is 0 Å². The molecule has 0 spiro atoms. The van der Waals surface area contributed by atoms with Crippen LogP contribution in [0.4, 0.5) is 11.5 Å². The minimum atomic E-state index is -0.377. The summed E-state index contributed by atoms with van der Waals surface area (Å²) in [4.78, 5) is 28.4. The Labute approximate surface area is 171 Å². The Morgan fingerprint density at radius 1 is 1.07 bits per heavy atom. The molecule has 152 valence electrons. The van der Waals surface area contributed by atoms with Gasteiger partial charge in [-0.25, -0.2) is 9.78 Å². The van der Waals surface area contributed by atoms with E-state index in [0.29, 0.717) is 23.4 Å². The van der Waals surface area contributed by atoms with Gasteiger partial charge in [-0.1, -0.05) is 11.6 Å². The third-order valence-corrected chi connectivity index (χ3v) is 4.82. The molecule has 1 aromatic carbocycles. The normalized spacial score (nSPS) is 13.3. The Bertz CT molecular complexity index is 858. The summed E-state index contributed by atoms with van der Waals surface area (Å²) >= 11 is 0. The van der Waals surface area contributed by atoms with Crippen LogP contribution in [0.3, 0.4) is 0 Å². The molecule has 0 bridgehead atoms. The van der Waals surface area contributed by atoms with Crippen LogP contribution in [0, 0.1) is 0 Å². The van der Waals surface area contributed by atoms with Gasteiger partial charge in [-0.15, -0.1) is 0 Å². The van der Waals surface area contributed by atoms with Gasteiger partial charge in [-0.2, -0.15) is 0 Å². The number of nitrogens with zero attached hydrogens (tertiary/aromatic N) is 1. The number of hydrogen-bond donors (Lipinski definition) is 2. The quantitative estimate of drug-likeness (QED) is 0.497. The van der Waals surface area contributed by atoms with E-state index < -0.39 is 0 Å². The fourth-order valence-corrected chi connectivity index (χ4v) is 3.22. The third-order valence-electron chi connectivity index (χ3n) is 4.82. The number of anilines is 2. The summed E-state index contributed by atoms with van der Waals surface area (Å²) in [5, 5.41) is 6.11. The molecule has 1 aliphatic carbocycles. The van der Waals surface area contributed by atoms with Gasteiger partial charge in [0.2, 0.25) is 0 Å².